The molecule has 0 saturated carbocycles. The van der Waals surface area contributed by atoms with Crippen LogP contribution in [0.3, 0.4) is 0 Å². The number of hydrogen-bond acceptors (Lipinski definition) is 3. The third-order valence-corrected chi connectivity index (χ3v) is 2.26. The molecule has 0 aliphatic carbocycles. The Labute approximate surface area is 85.4 Å². The number of nitrogens with zero attached hydrogens (tertiary/aromatic N) is 1. The second kappa shape index (κ2) is 3.56. The molecular formula is C9H9N3O3. The molecule has 6 nitrogen and oxygen atoms in total. The van der Waals surface area contributed by atoms with Gasteiger partial charge >= 0.3 is 6.03 Å². The summed E-state index contributed by atoms with van der Waals surface area (Å²) in [7, 11) is 0. The van der Waals surface area contributed by atoms with E-state index in [1.165, 1.54) is 12.1 Å². The zero-order chi connectivity index (χ0) is 10.8. The molecule has 1 atom stereocenters. The Morgan fingerprint density at radius 3 is 2.87 bits per heavy atom. The first-order valence-electron chi connectivity index (χ1n) is 4.45. The van der Waals surface area contributed by atoms with Crippen LogP contribution in [0, 0.1) is 10.1 Å². The molecule has 2 rings (SSSR count). The van der Waals surface area contributed by atoms with E-state index in [1.54, 1.807) is 12.1 Å². The summed E-state index contributed by atoms with van der Waals surface area (Å²) in [5, 5.41) is 15.8. The van der Waals surface area contributed by atoms with Gasteiger partial charge < -0.3 is 10.6 Å². The third-order valence-electron chi connectivity index (χ3n) is 2.26. The SMILES string of the molecule is O=C1NC[C@H](c2cccc([N+](=O)[O-])c2)N1. The standard InChI is InChI=1S/C9H9N3O3/c13-9-10-5-8(11-9)6-2-1-3-7(4-6)12(14)15/h1-4,8H,5H2,(H2,10,11,13)/t8-/m1/s1. The van der Waals surface area contributed by atoms with Crippen molar-refractivity contribution in [3.8, 4) is 0 Å². The molecule has 2 N–H and O–H groups in total. The van der Waals surface area contributed by atoms with Crippen LogP contribution < -0.4 is 10.6 Å². The van der Waals surface area contributed by atoms with E-state index in [0.717, 1.165) is 5.56 Å². The van der Waals surface area contributed by atoms with Crippen molar-refractivity contribution in [1.82, 2.24) is 10.6 Å². The fourth-order valence-corrected chi connectivity index (χ4v) is 1.51. The fraction of sp³-hybridized carbons (Fsp3) is 0.222. The maximum absolute atomic E-state index is 10.9. The predicted molar refractivity (Wildman–Crippen MR) is 52.4 cm³/mol. The molecule has 1 aromatic rings. The summed E-state index contributed by atoms with van der Waals surface area (Å²) in [6.45, 7) is 0.458. The van der Waals surface area contributed by atoms with E-state index in [-0.39, 0.29) is 17.8 Å². The molecule has 0 radical (unpaired) electrons. The molecular weight excluding hydrogens is 198 g/mol. The number of carbonyl (C=O) groups is 1. The number of benzene rings is 1. The second-order valence-electron chi connectivity index (χ2n) is 3.26. The minimum atomic E-state index is -0.451. The van der Waals surface area contributed by atoms with Gasteiger partial charge in [-0.3, -0.25) is 10.1 Å². The van der Waals surface area contributed by atoms with E-state index < -0.39 is 4.92 Å². The first-order chi connectivity index (χ1) is 7.16. The van der Waals surface area contributed by atoms with Crippen LogP contribution in [0.1, 0.15) is 11.6 Å². The van der Waals surface area contributed by atoms with Gasteiger partial charge in [-0.25, -0.2) is 4.79 Å². The van der Waals surface area contributed by atoms with E-state index in [0.29, 0.717) is 6.54 Å². The lowest BCUT2D eigenvalue weighted by Crippen LogP contribution is -2.21. The van der Waals surface area contributed by atoms with Crippen molar-refractivity contribution < 1.29 is 9.72 Å². The molecule has 15 heavy (non-hydrogen) atoms. The highest BCUT2D eigenvalue weighted by molar-refractivity contribution is 5.76. The monoisotopic (exact) mass is 207 g/mol. The predicted octanol–water partition coefficient (Wildman–Crippen LogP) is 0.949. The molecule has 1 heterocycles. The van der Waals surface area contributed by atoms with E-state index in [4.69, 9.17) is 0 Å². The number of hydrogen-bond donors (Lipinski definition) is 2. The fourth-order valence-electron chi connectivity index (χ4n) is 1.51. The number of nitrogens with one attached hydrogen (secondary N) is 2. The summed E-state index contributed by atoms with van der Waals surface area (Å²) in [6, 6.07) is 5.83. The average Bonchev–Trinajstić information content (AvgIpc) is 2.65. The Bertz CT molecular complexity index is 419. The number of nitro groups is 1. The molecule has 0 aromatic heterocycles. The lowest BCUT2D eigenvalue weighted by molar-refractivity contribution is -0.384. The van der Waals surface area contributed by atoms with Crippen molar-refractivity contribution in [2.45, 2.75) is 6.04 Å². The second-order valence-corrected chi connectivity index (χ2v) is 3.26. The molecule has 1 aliphatic heterocycles. The van der Waals surface area contributed by atoms with Crippen molar-refractivity contribution in [2.75, 3.05) is 6.54 Å². The summed E-state index contributed by atoms with van der Waals surface area (Å²) in [6.07, 6.45) is 0. The van der Waals surface area contributed by atoms with Gasteiger partial charge in [-0.2, -0.15) is 0 Å². The van der Waals surface area contributed by atoms with Gasteiger partial charge in [0.1, 0.15) is 0 Å². The Morgan fingerprint density at radius 2 is 2.27 bits per heavy atom. The highest BCUT2D eigenvalue weighted by Gasteiger charge is 2.22. The number of nitro benzene ring substituents is 1. The summed E-state index contributed by atoms with van der Waals surface area (Å²) in [5.41, 5.74) is 0.774. The van der Waals surface area contributed by atoms with Crippen LogP contribution >= 0.6 is 0 Å². The molecule has 0 bridgehead atoms. The maximum atomic E-state index is 10.9. The van der Waals surface area contributed by atoms with Crippen LogP contribution in [0.25, 0.3) is 0 Å². The summed E-state index contributed by atoms with van der Waals surface area (Å²) >= 11 is 0. The number of rotatable bonds is 2. The third kappa shape index (κ3) is 1.88. The maximum Gasteiger partial charge on any atom is 0.315 e. The molecule has 1 aromatic carbocycles. The van der Waals surface area contributed by atoms with Gasteiger partial charge in [0.2, 0.25) is 0 Å². The van der Waals surface area contributed by atoms with Crippen LogP contribution in [-0.2, 0) is 0 Å². The lowest BCUT2D eigenvalue weighted by atomic mass is 10.1. The highest BCUT2D eigenvalue weighted by Crippen LogP contribution is 2.20. The minimum Gasteiger partial charge on any atom is -0.336 e. The quantitative estimate of drug-likeness (QED) is 0.559. The Balaban J connectivity index is 2.25. The molecule has 1 aliphatic rings. The smallest absolute Gasteiger partial charge is 0.315 e. The van der Waals surface area contributed by atoms with Crippen LogP contribution in [0.2, 0.25) is 0 Å². The molecule has 1 fully saturated rings. The van der Waals surface area contributed by atoms with Gasteiger partial charge in [-0.1, -0.05) is 12.1 Å². The highest BCUT2D eigenvalue weighted by atomic mass is 16.6. The molecule has 1 saturated heterocycles. The van der Waals surface area contributed by atoms with E-state index in [9.17, 15) is 14.9 Å². The Hall–Kier alpha value is -2.11. The zero-order valence-corrected chi connectivity index (χ0v) is 7.77. The van der Waals surface area contributed by atoms with Gasteiger partial charge in [0.15, 0.2) is 0 Å². The van der Waals surface area contributed by atoms with Gasteiger partial charge in [-0.05, 0) is 5.56 Å². The number of urea groups is 1. The lowest BCUT2D eigenvalue weighted by Gasteiger charge is -2.07. The van der Waals surface area contributed by atoms with E-state index in [1.807, 2.05) is 0 Å². The van der Waals surface area contributed by atoms with Gasteiger partial charge in [0, 0.05) is 18.7 Å². The van der Waals surface area contributed by atoms with Crippen LogP contribution in [-0.4, -0.2) is 17.5 Å². The summed E-state index contributed by atoms with van der Waals surface area (Å²) in [4.78, 5) is 21.0. The number of non-ortho nitro benzene ring substituents is 1. The Kier molecular flexibility index (Phi) is 2.24. The topological polar surface area (TPSA) is 84.3 Å². The van der Waals surface area contributed by atoms with Crippen LogP contribution in [0.15, 0.2) is 24.3 Å². The number of amides is 2. The molecule has 0 spiro atoms. The largest absolute Gasteiger partial charge is 0.336 e. The average molecular weight is 207 g/mol. The number of carbonyl (C=O) groups excluding carboxylic acids is 1. The normalized spacial score (nSPS) is 19.5. The molecule has 2 amide bonds. The van der Waals surface area contributed by atoms with Crippen LogP contribution in [0.4, 0.5) is 10.5 Å². The first kappa shape index (κ1) is 9.45. The molecule has 6 heteroatoms. The van der Waals surface area contributed by atoms with Crippen molar-refractivity contribution in [2.24, 2.45) is 0 Å². The minimum absolute atomic E-state index is 0.0358. The summed E-state index contributed by atoms with van der Waals surface area (Å²) in [5.74, 6) is 0. The van der Waals surface area contributed by atoms with E-state index in [2.05, 4.69) is 10.6 Å². The van der Waals surface area contributed by atoms with E-state index >= 15 is 0 Å². The van der Waals surface area contributed by atoms with Crippen LogP contribution in [0.5, 0.6) is 0 Å². The summed E-state index contributed by atoms with van der Waals surface area (Å²) < 4.78 is 0. The van der Waals surface area contributed by atoms with Gasteiger partial charge in [-0.15, -0.1) is 0 Å². The van der Waals surface area contributed by atoms with Gasteiger partial charge in [0.25, 0.3) is 5.69 Å². The first-order valence-corrected chi connectivity index (χ1v) is 4.45. The van der Waals surface area contributed by atoms with Crippen molar-refractivity contribution >= 4 is 11.7 Å². The van der Waals surface area contributed by atoms with Gasteiger partial charge in [0.05, 0.1) is 11.0 Å². The van der Waals surface area contributed by atoms with Crippen molar-refractivity contribution in [3.63, 3.8) is 0 Å². The Morgan fingerprint density at radius 1 is 1.47 bits per heavy atom. The van der Waals surface area contributed by atoms with Crippen molar-refractivity contribution in [1.29, 1.82) is 0 Å². The van der Waals surface area contributed by atoms with Crippen molar-refractivity contribution in [3.05, 3.63) is 39.9 Å². The molecule has 78 valence electrons. The molecule has 0 unspecified atom stereocenters. The zero-order valence-electron chi connectivity index (χ0n) is 7.77.